The summed E-state index contributed by atoms with van der Waals surface area (Å²) in [7, 11) is -4.20. The molecule has 7 nitrogen and oxygen atoms in total. The molecular weight excluding hydrogens is 436 g/mol. The number of H-pyrrole nitrogens is 1. The van der Waals surface area contributed by atoms with Crippen LogP contribution < -0.4 is 10.9 Å². The summed E-state index contributed by atoms with van der Waals surface area (Å²) in [6.07, 6.45) is 0.889. The first kappa shape index (κ1) is 21.7. The Hall–Kier alpha value is -3.05. The maximum Gasteiger partial charge on any atom is 0.270 e. The van der Waals surface area contributed by atoms with Crippen LogP contribution in [0.4, 0.5) is 14.5 Å². The van der Waals surface area contributed by atoms with Gasteiger partial charge in [0, 0.05) is 5.69 Å². The molecule has 0 spiro atoms. The third kappa shape index (κ3) is 4.92. The van der Waals surface area contributed by atoms with Crippen LogP contribution >= 0.6 is 11.8 Å². The predicted molar refractivity (Wildman–Crippen MR) is 107 cm³/mol. The standard InChI is InChI=1S/C19H15F2N3O4S2/c1-11-7-14(5-6-15(11)21)30(27,28)16-9-22-19(24-18(16)26)29-10-17(25)23-13-4-2-3-12(20)8-13/h2-9H,10H2,1H3,(H,23,25)(H,22,24,26). The summed E-state index contributed by atoms with van der Waals surface area (Å²) in [6.45, 7) is 1.41. The second-order valence-corrected chi connectivity index (χ2v) is 9.03. The predicted octanol–water partition coefficient (Wildman–Crippen LogP) is 2.92. The van der Waals surface area contributed by atoms with Crippen molar-refractivity contribution in [2.24, 2.45) is 0 Å². The Kier molecular flexibility index (Phi) is 6.32. The molecule has 3 aromatic rings. The zero-order chi connectivity index (χ0) is 21.9. The number of sulfone groups is 1. The van der Waals surface area contributed by atoms with Gasteiger partial charge in [0.05, 0.1) is 16.8 Å². The van der Waals surface area contributed by atoms with Gasteiger partial charge in [0.15, 0.2) is 10.1 Å². The van der Waals surface area contributed by atoms with E-state index < -0.39 is 37.8 Å². The molecular formula is C19H15F2N3O4S2. The molecule has 3 rings (SSSR count). The Balaban J connectivity index is 1.72. The van der Waals surface area contributed by atoms with E-state index in [2.05, 4.69) is 15.3 Å². The maximum atomic E-state index is 13.4. The number of aryl methyl sites for hydroxylation is 1. The molecule has 0 aliphatic carbocycles. The zero-order valence-electron chi connectivity index (χ0n) is 15.5. The smallest absolute Gasteiger partial charge is 0.270 e. The number of carbonyl (C=O) groups excluding carboxylic acids is 1. The lowest BCUT2D eigenvalue weighted by Gasteiger charge is -2.07. The number of rotatable bonds is 6. The number of aromatic nitrogens is 2. The van der Waals surface area contributed by atoms with E-state index in [4.69, 9.17) is 0 Å². The minimum absolute atomic E-state index is 0.0311. The number of carbonyl (C=O) groups is 1. The molecule has 11 heteroatoms. The Bertz CT molecular complexity index is 1280. The SMILES string of the molecule is Cc1cc(S(=O)(=O)c2cnc(SCC(=O)Nc3cccc(F)c3)[nH]c2=O)ccc1F. The largest absolute Gasteiger partial charge is 0.325 e. The first-order chi connectivity index (χ1) is 14.2. The fraction of sp³-hybridized carbons (Fsp3) is 0.105. The Morgan fingerprint density at radius 1 is 1.20 bits per heavy atom. The minimum Gasteiger partial charge on any atom is -0.325 e. The highest BCUT2D eigenvalue weighted by molar-refractivity contribution is 7.99. The second kappa shape index (κ2) is 8.76. The molecule has 0 fully saturated rings. The quantitative estimate of drug-likeness (QED) is 0.339. The van der Waals surface area contributed by atoms with Crippen LogP contribution in [-0.2, 0) is 14.6 Å². The van der Waals surface area contributed by atoms with Gasteiger partial charge in [-0.15, -0.1) is 0 Å². The molecule has 1 aromatic heterocycles. The van der Waals surface area contributed by atoms with E-state index in [0.717, 1.165) is 42.2 Å². The first-order valence-electron chi connectivity index (χ1n) is 8.45. The van der Waals surface area contributed by atoms with Crippen molar-refractivity contribution in [3.63, 3.8) is 0 Å². The van der Waals surface area contributed by atoms with Gasteiger partial charge in [-0.3, -0.25) is 9.59 Å². The van der Waals surface area contributed by atoms with E-state index in [1.165, 1.54) is 25.1 Å². The van der Waals surface area contributed by atoms with Crippen LogP contribution in [-0.4, -0.2) is 30.0 Å². The summed E-state index contributed by atoms with van der Waals surface area (Å²) in [6, 6.07) is 8.55. The Morgan fingerprint density at radius 3 is 2.63 bits per heavy atom. The van der Waals surface area contributed by atoms with Crippen LogP contribution in [0.25, 0.3) is 0 Å². The third-order valence-electron chi connectivity index (χ3n) is 3.92. The normalized spacial score (nSPS) is 11.3. The summed E-state index contributed by atoms with van der Waals surface area (Å²) in [5, 5.41) is 2.52. The average molecular weight is 451 g/mol. The molecule has 0 unspecified atom stereocenters. The van der Waals surface area contributed by atoms with Crippen LogP contribution in [0.1, 0.15) is 5.56 Å². The molecule has 0 radical (unpaired) electrons. The molecule has 0 atom stereocenters. The Morgan fingerprint density at radius 2 is 1.97 bits per heavy atom. The van der Waals surface area contributed by atoms with Crippen molar-refractivity contribution in [3.05, 3.63) is 76.2 Å². The van der Waals surface area contributed by atoms with Crippen LogP contribution in [0.5, 0.6) is 0 Å². The fourth-order valence-corrected chi connectivity index (χ4v) is 4.39. The number of thioether (sulfide) groups is 1. The van der Waals surface area contributed by atoms with Gasteiger partial charge in [-0.1, -0.05) is 17.8 Å². The molecule has 1 amide bonds. The number of nitrogens with one attached hydrogen (secondary N) is 2. The van der Waals surface area contributed by atoms with Crippen molar-refractivity contribution >= 4 is 33.2 Å². The van der Waals surface area contributed by atoms with E-state index >= 15 is 0 Å². The summed E-state index contributed by atoms with van der Waals surface area (Å²) in [5.41, 5.74) is -0.518. The molecule has 0 saturated heterocycles. The van der Waals surface area contributed by atoms with E-state index in [0.29, 0.717) is 0 Å². The van der Waals surface area contributed by atoms with E-state index in [9.17, 15) is 26.8 Å². The van der Waals surface area contributed by atoms with Gasteiger partial charge in [-0.2, -0.15) is 0 Å². The van der Waals surface area contributed by atoms with Crippen molar-refractivity contribution in [3.8, 4) is 0 Å². The van der Waals surface area contributed by atoms with Crippen LogP contribution in [0.2, 0.25) is 0 Å². The highest BCUT2D eigenvalue weighted by Crippen LogP contribution is 2.21. The Labute approximate surface area is 174 Å². The molecule has 0 aliphatic rings. The number of anilines is 1. The van der Waals surface area contributed by atoms with Crippen molar-refractivity contribution in [1.82, 2.24) is 9.97 Å². The van der Waals surface area contributed by atoms with Crippen LogP contribution in [0.3, 0.4) is 0 Å². The minimum atomic E-state index is -4.20. The van der Waals surface area contributed by atoms with Crippen molar-refractivity contribution in [1.29, 1.82) is 0 Å². The van der Waals surface area contributed by atoms with Crippen LogP contribution in [0, 0.1) is 18.6 Å². The highest BCUT2D eigenvalue weighted by atomic mass is 32.2. The second-order valence-electron chi connectivity index (χ2n) is 6.14. The first-order valence-corrected chi connectivity index (χ1v) is 10.9. The number of aromatic amines is 1. The van der Waals surface area contributed by atoms with Gasteiger partial charge in [0.1, 0.15) is 11.6 Å². The van der Waals surface area contributed by atoms with Gasteiger partial charge in [-0.05, 0) is 48.9 Å². The fourth-order valence-electron chi connectivity index (χ4n) is 2.44. The lowest BCUT2D eigenvalue weighted by Crippen LogP contribution is -2.20. The monoisotopic (exact) mass is 451 g/mol. The van der Waals surface area contributed by atoms with Gasteiger partial charge in [-0.25, -0.2) is 22.2 Å². The van der Waals surface area contributed by atoms with E-state index in [1.54, 1.807) is 0 Å². The number of halogens is 2. The maximum absolute atomic E-state index is 13.4. The highest BCUT2D eigenvalue weighted by Gasteiger charge is 2.23. The van der Waals surface area contributed by atoms with Gasteiger partial charge in [0.2, 0.25) is 15.7 Å². The summed E-state index contributed by atoms with van der Waals surface area (Å²) < 4.78 is 51.8. The third-order valence-corrected chi connectivity index (χ3v) is 6.55. The molecule has 0 saturated carbocycles. The van der Waals surface area contributed by atoms with Gasteiger partial charge in [0.25, 0.3) is 5.56 Å². The zero-order valence-corrected chi connectivity index (χ0v) is 17.1. The number of hydrogen-bond acceptors (Lipinski definition) is 6. The summed E-state index contributed by atoms with van der Waals surface area (Å²) in [5.74, 6) is -1.68. The molecule has 30 heavy (non-hydrogen) atoms. The lowest BCUT2D eigenvalue weighted by atomic mass is 10.2. The number of amides is 1. The number of nitrogens with zero attached hydrogens (tertiary/aromatic N) is 1. The van der Waals surface area contributed by atoms with E-state index in [1.807, 2.05) is 0 Å². The molecule has 2 N–H and O–H groups in total. The summed E-state index contributed by atoms with van der Waals surface area (Å²) >= 11 is 0.869. The number of hydrogen-bond donors (Lipinski definition) is 2. The van der Waals surface area contributed by atoms with Crippen molar-refractivity contribution < 1.29 is 22.0 Å². The molecule has 0 bridgehead atoms. The van der Waals surface area contributed by atoms with Gasteiger partial charge >= 0.3 is 0 Å². The number of benzene rings is 2. The van der Waals surface area contributed by atoms with Gasteiger partial charge < -0.3 is 10.3 Å². The van der Waals surface area contributed by atoms with E-state index in [-0.39, 0.29) is 27.1 Å². The van der Waals surface area contributed by atoms with Crippen molar-refractivity contribution in [2.45, 2.75) is 21.9 Å². The van der Waals surface area contributed by atoms with Crippen molar-refractivity contribution in [2.75, 3.05) is 11.1 Å². The molecule has 156 valence electrons. The lowest BCUT2D eigenvalue weighted by molar-refractivity contribution is -0.113. The molecule has 2 aromatic carbocycles. The average Bonchev–Trinajstić information content (AvgIpc) is 2.68. The topological polar surface area (TPSA) is 109 Å². The summed E-state index contributed by atoms with van der Waals surface area (Å²) in [4.78, 5) is 29.6. The molecule has 0 aliphatic heterocycles. The molecule has 1 heterocycles. The van der Waals surface area contributed by atoms with Crippen LogP contribution in [0.15, 0.2) is 68.4 Å².